The number of rotatable bonds is 8. The Kier molecular flexibility index (Phi) is 6.79. The van der Waals surface area contributed by atoms with Crippen molar-refractivity contribution >= 4 is 17.8 Å². The van der Waals surface area contributed by atoms with Crippen molar-refractivity contribution in [3.8, 4) is 17.2 Å². The molecule has 2 aromatic carbocycles. The molecule has 2 rings (SSSR count). The van der Waals surface area contributed by atoms with Crippen LogP contribution >= 0.6 is 0 Å². The Hall–Kier alpha value is -3.28. The second kappa shape index (κ2) is 9.27. The smallest absolute Gasteiger partial charge is 0.331 e. The number of hydrogen-bond acceptors (Lipinski definition) is 6. The van der Waals surface area contributed by atoms with E-state index in [1.54, 1.807) is 55.7 Å². The van der Waals surface area contributed by atoms with Gasteiger partial charge < -0.3 is 18.9 Å². The van der Waals surface area contributed by atoms with Crippen molar-refractivity contribution in [2.24, 2.45) is 0 Å². The normalized spacial score (nSPS) is 10.4. The number of ketones is 1. The van der Waals surface area contributed by atoms with Crippen LogP contribution in [0.5, 0.6) is 17.2 Å². The van der Waals surface area contributed by atoms with E-state index in [9.17, 15) is 9.59 Å². The number of carbonyl (C=O) groups excluding carboxylic acids is 2. The van der Waals surface area contributed by atoms with Crippen LogP contribution in [0.25, 0.3) is 6.08 Å². The molecule has 0 atom stereocenters. The van der Waals surface area contributed by atoms with Crippen molar-refractivity contribution in [1.29, 1.82) is 0 Å². The minimum absolute atomic E-state index is 0.320. The van der Waals surface area contributed by atoms with Crippen molar-refractivity contribution in [2.75, 3.05) is 27.9 Å². The minimum atomic E-state index is -0.610. The summed E-state index contributed by atoms with van der Waals surface area (Å²) in [5.74, 6) is 0.679. The molecule has 0 spiro atoms. The molecular formula is C20H20O6. The molecule has 6 heteroatoms. The van der Waals surface area contributed by atoms with Crippen molar-refractivity contribution in [1.82, 2.24) is 0 Å². The van der Waals surface area contributed by atoms with Gasteiger partial charge in [0.05, 0.1) is 26.9 Å². The molecule has 0 aliphatic rings. The fourth-order valence-electron chi connectivity index (χ4n) is 2.17. The Morgan fingerprint density at radius 3 is 2.15 bits per heavy atom. The first-order valence-electron chi connectivity index (χ1n) is 7.81. The third-order valence-electron chi connectivity index (χ3n) is 3.58. The van der Waals surface area contributed by atoms with Gasteiger partial charge in [0, 0.05) is 12.1 Å². The molecule has 0 radical (unpaired) electrons. The van der Waals surface area contributed by atoms with Crippen LogP contribution in [0.3, 0.4) is 0 Å². The molecule has 0 saturated heterocycles. The maximum Gasteiger partial charge on any atom is 0.331 e. The lowest BCUT2D eigenvalue weighted by molar-refractivity contribution is -0.136. The third kappa shape index (κ3) is 5.11. The summed E-state index contributed by atoms with van der Waals surface area (Å²) < 4.78 is 20.3. The topological polar surface area (TPSA) is 71.1 Å². The summed E-state index contributed by atoms with van der Waals surface area (Å²) in [7, 11) is 4.55. The predicted molar refractivity (Wildman–Crippen MR) is 96.9 cm³/mol. The average Bonchev–Trinajstić information content (AvgIpc) is 2.70. The van der Waals surface area contributed by atoms with E-state index in [0.29, 0.717) is 17.1 Å². The molecule has 0 aliphatic heterocycles. The number of hydrogen-bond donors (Lipinski definition) is 0. The Labute approximate surface area is 151 Å². The van der Waals surface area contributed by atoms with Crippen LogP contribution in [-0.2, 0) is 9.53 Å². The molecule has 0 unspecified atom stereocenters. The van der Waals surface area contributed by atoms with Gasteiger partial charge in [-0.15, -0.1) is 0 Å². The van der Waals surface area contributed by atoms with E-state index in [0.717, 1.165) is 11.3 Å². The molecule has 0 heterocycles. The highest BCUT2D eigenvalue weighted by Gasteiger charge is 2.14. The summed E-state index contributed by atoms with van der Waals surface area (Å²) >= 11 is 0. The Bertz CT molecular complexity index is 792. The van der Waals surface area contributed by atoms with E-state index in [-0.39, 0.29) is 12.4 Å². The molecule has 0 saturated carbocycles. The minimum Gasteiger partial charge on any atom is -0.497 e. The Morgan fingerprint density at radius 1 is 0.885 bits per heavy atom. The van der Waals surface area contributed by atoms with Gasteiger partial charge in [-0.3, -0.25) is 4.79 Å². The molecule has 0 N–H and O–H groups in total. The number of Topliss-reactive ketones (excluding diaryl/α,β-unsaturated/α-hetero) is 1. The van der Waals surface area contributed by atoms with Gasteiger partial charge in [0.15, 0.2) is 6.61 Å². The monoisotopic (exact) mass is 356 g/mol. The summed E-state index contributed by atoms with van der Waals surface area (Å²) in [6.07, 6.45) is 2.86. The van der Waals surface area contributed by atoms with Gasteiger partial charge in [-0.2, -0.15) is 0 Å². The van der Waals surface area contributed by atoms with Gasteiger partial charge >= 0.3 is 5.97 Å². The molecule has 0 aromatic heterocycles. The van der Waals surface area contributed by atoms with Crippen LogP contribution in [0.2, 0.25) is 0 Å². The molecule has 26 heavy (non-hydrogen) atoms. The maximum atomic E-state index is 12.2. The summed E-state index contributed by atoms with van der Waals surface area (Å²) in [5.41, 5.74) is 1.13. The highest BCUT2D eigenvalue weighted by Crippen LogP contribution is 2.25. The second-order valence-electron chi connectivity index (χ2n) is 5.20. The summed E-state index contributed by atoms with van der Waals surface area (Å²) in [4.78, 5) is 24.0. The highest BCUT2D eigenvalue weighted by atomic mass is 16.5. The fourth-order valence-corrected chi connectivity index (χ4v) is 2.17. The second-order valence-corrected chi connectivity index (χ2v) is 5.20. The summed E-state index contributed by atoms with van der Waals surface area (Å²) in [6.45, 7) is -0.380. The van der Waals surface area contributed by atoms with E-state index < -0.39 is 5.97 Å². The van der Waals surface area contributed by atoms with Gasteiger partial charge in [0.25, 0.3) is 0 Å². The maximum absolute atomic E-state index is 12.2. The van der Waals surface area contributed by atoms with Crippen molar-refractivity contribution in [2.45, 2.75) is 0 Å². The molecule has 0 bridgehead atoms. The van der Waals surface area contributed by atoms with Crippen LogP contribution in [0, 0.1) is 0 Å². The molecule has 0 amide bonds. The van der Waals surface area contributed by atoms with Crippen molar-refractivity contribution in [3.63, 3.8) is 0 Å². The molecule has 136 valence electrons. The summed E-state index contributed by atoms with van der Waals surface area (Å²) in [5, 5.41) is 0. The zero-order chi connectivity index (χ0) is 18.9. The Balaban J connectivity index is 1.94. The first-order valence-corrected chi connectivity index (χ1v) is 7.81. The number of methoxy groups -OCH3 is 3. The van der Waals surface area contributed by atoms with Crippen LogP contribution in [0.15, 0.2) is 48.5 Å². The highest BCUT2D eigenvalue weighted by molar-refractivity contribution is 6.01. The molecule has 0 aliphatic carbocycles. The van der Waals surface area contributed by atoms with E-state index in [1.807, 2.05) is 0 Å². The van der Waals surface area contributed by atoms with Crippen LogP contribution in [0.4, 0.5) is 0 Å². The molecule has 6 nitrogen and oxygen atoms in total. The third-order valence-corrected chi connectivity index (χ3v) is 3.58. The number of carbonyl (C=O) groups is 2. The lowest BCUT2D eigenvalue weighted by Gasteiger charge is -2.09. The number of esters is 1. The van der Waals surface area contributed by atoms with Crippen LogP contribution < -0.4 is 14.2 Å². The standard InChI is InChI=1S/C20H20O6/c1-23-15-7-4-14(5-8-15)6-11-20(22)26-13-18(21)17-10-9-16(24-2)12-19(17)25-3/h4-12H,13H2,1-3H3. The number of benzene rings is 2. The number of ether oxygens (including phenoxy) is 4. The van der Waals surface area contributed by atoms with Crippen molar-refractivity contribution in [3.05, 3.63) is 59.7 Å². The van der Waals surface area contributed by atoms with Crippen LogP contribution in [0.1, 0.15) is 15.9 Å². The van der Waals surface area contributed by atoms with E-state index in [1.165, 1.54) is 20.3 Å². The molecule has 0 fully saturated rings. The first-order chi connectivity index (χ1) is 12.6. The zero-order valence-corrected chi connectivity index (χ0v) is 14.9. The largest absolute Gasteiger partial charge is 0.497 e. The van der Waals surface area contributed by atoms with Gasteiger partial charge in [0.1, 0.15) is 17.2 Å². The first kappa shape index (κ1) is 19.1. The van der Waals surface area contributed by atoms with Crippen LogP contribution in [-0.4, -0.2) is 39.7 Å². The zero-order valence-electron chi connectivity index (χ0n) is 14.9. The van der Waals surface area contributed by atoms with Gasteiger partial charge in [-0.1, -0.05) is 12.1 Å². The van der Waals surface area contributed by atoms with Gasteiger partial charge in [-0.05, 0) is 35.9 Å². The van der Waals surface area contributed by atoms with E-state index >= 15 is 0 Å². The summed E-state index contributed by atoms with van der Waals surface area (Å²) in [6, 6.07) is 12.0. The van der Waals surface area contributed by atoms with E-state index in [2.05, 4.69) is 0 Å². The lowest BCUT2D eigenvalue weighted by atomic mass is 10.1. The predicted octanol–water partition coefficient (Wildman–Crippen LogP) is 3.15. The van der Waals surface area contributed by atoms with Crippen molar-refractivity contribution < 1.29 is 28.5 Å². The van der Waals surface area contributed by atoms with Gasteiger partial charge in [0.2, 0.25) is 5.78 Å². The quantitative estimate of drug-likeness (QED) is 0.411. The fraction of sp³-hybridized carbons (Fsp3) is 0.200. The van der Waals surface area contributed by atoms with E-state index in [4.69, 9.17) is 18.9 Å². The Morgan fingerprint density at radius 2 is 1.54 bits per heavy atom. The SMILES string of the molecule is COc1ccc(C=CC(=O)OCC(=O)c2ccc(OC)cc2OC)cc1. The van der Waals surface area contributed by atoms with Gasteiger partial charge in [-0.25, -0.2) is 4.79 Å². The lowest BCUT2D eigenvalue weighted by Crippen LogP contribution is -2.13. The molecular weight excluding hydrogens is 336 g/mol. The molecule has 2 aromatic rings. The average molecular weight is 356 g/mol.